The van der Waals surface area contributed by atoms with E-state index in [1.54, 1.807) is 0 Å². The number of carbonyl (C=O) groups excluding carboxylic acids is 2. The summed E-state index contributed by atoms with van der Waals surface area (Å²) in [7, 11) is 0. The number of allylic oxidation sites excluding steroid dienone is 2. The van der Waals surface area contributed by atoms with Gasteiger partial charge in [-0.25, -0.2) is 0 Å². The lowest BCUT2D eigenvalue weighted by Crippen LogP contribution is -2.67. The van der Waals surface area contributed by atoms with Crippen molar-refractivity contribution < 1.29 is 19.4 Å². The third-order valence-electron chi connectivity index (χ3n) is 12.2. The first-order valence-corrected chi connectivity index (χ1v) is 14.1. The van der Waals surface area contributed by atoms with Crippen LogP contribution in [0.25, 0.3) is 0 Å². The Morgan fingerprint density at radius 2 is 1.65 bits per heavy atom. The molecule has 10 atom stereocenters. The van der Waals surface area contributed by atoms with Crippen LogP contribution >= 0.6 is 0 Å². The molecule has 3 saturated carbocycles. The number of carbonyl (C=O) groups is 2. The summed E-state index contributed by atoms with van der Waals surface area (Å²) in [5, 5.41) is 11.6. The highest BCUT2D eigenvalue weighted by molar-refractivity contribution is 5.91. The maximum absolute atomic E-state index is 14.4. The summed E-state index contributed by atoms with van der Waals surface area (Å²) in [5.74, 6) is 2.29. The van der Waals surface area contributed by atoms with E-state index in [0.29, 0.717) is 42.3 Å². The average Bonchev–Trinajstić information content (AvgIpc) is 3.07. The van der Waals surface area contributed by atoms with Crippen molar-refractivity contribution in [2.75, 3.05) is 0 Å². The molecule has 0 aromatic heterocycles. The van der Waals surface area contributed by atoms with Crippen LogP contribution in [-0.4, -0.2) is 29.1 Å². The van der Waals surface area contributed by atoms with Crippen molar-refractivity contribution in [3.8, 4) is 0 Å². The fourth-order valence-corrected chi connectivity index (χ4v) is 10.5. The van der Waals surface area contributed by atoms with E-state index < -0.39 is 10.8 Å². The summed E-state index contributed by atoms with van der Waals surface area (Å²) in [6, 6.07) is 0. The molecule has 34 heavy (non-hydrogen) atoms. The summed E-state index contributed by atoms with van der Waals surface area (Å²) < 4.78 is 6.53. The van der Waals surface area contributed by atoms with Gasteiger partial charge in [-0.3, -0.25) is 9.59 Å². The molecule has 0 aromatic rings. The minimum absolute atomic E-state index is 0.0163. The second-order valence-corrected chi connectivity index (χ2v) is 14.1. The lowest BCUT2D eigenvalue weighted by atomic mass is 9.35. The molecule has 6 rings (SSSR count). The molecule has 0 aromatic carbocycles. The lowest BCUT2D eigenvalue weighted by molar-refractivity contribution is -0.195. The molecule has 6 aliphatic rings. The quantitative estimate of drug-likeness (QED) is 0.416. The Labute approximate surface area is 205 Å². The first-order valence-electron chi connectivity index (χ1n) is 14.1. The van der Waals surface area contributed by atoms with Gasteiger partial charge in [0.2, 0.25) is 0 Å². The van der Waals surface area contributed by atoms with Crippen molar-refractivity contribution in [2.24, 2.45) is 57.7 Å². The molecule has 0 amide bonds. The van der Waals surface area contributed by atoms with Crippen LogP contribution in [0.1, 0.15) is 92.9 Å². The largest absolute Gasteiger partial charge is 0.461 e. The molecule has 1 spiro atoms. The Kier molecular flexibility index (Phi) is 4.93. The molecule has 0 bridgehead atoms. The van der Waals surface area contributed by atoms with Crippen LogP contribution in [0.3, 0.4) is 0 Å². The van der Waals surface area contributed by atoms with E-state index in [1.807, 2.05) is 0 Å². The molecular weight excluding hydrogens is 424 g/mol. The average molecular weight is 469 g/mol. The van der Waals surface area contributed by atoms with Crippen LogP contribution in [0.2, 0.25) is 0 Å². The Morgan fingerprint density at radius 1 is 0.971 bits per heavy atom. The highest BCUT2D eigenvalue weighted by Crippen LogP contribution is 2.75. The summed E-state index contributed by atoms with van der Waals surface area (Å²) in [6.07, 6.45) is 6.47. The predicted molar refractivity (Wildman–Crippen MR) is 131 cm³/mol. The van der Waals surface area contributed by atoms with Gasteiger partial charge in [0.05, 0.1) is 11.5 Å². The van der Waals surface area contributed by atoms with E-state index >= 15 is 0 Å². The van der Waals surface area contributed by atoms with Crippen molar-refractivity contribution in [2.45, 2.75) is 105 Å². The topological polar surface area (TPSA) is 63.6 Å². The first-order chi connectivity index (χ1) is 16.0. The molecule has 1 N–H and O–H groups in total. The smallest absolute Gasteiger partial charge is 0.313 e. The number of Topliss-reactive ketones (excluding diaryl/α,β-unsaturated/α-hetero) is 1. The number of aliphatic hydroxyl groups excluding tert-OH is 1. The molecule has 5 aliphatic carbocycles. The summed E-state index contributed by atoms with van der Waals surface area (Å²) in [5.41, 5.74) is 1.51. The van der Waals surface area contributed by atoms with Gasteiger partial charge < -0.3 is 9.84 Å². The maximum atomic E-state index is 14.4. The van der Waals surface area contributed by atoms with Crippen molar-refractivity contribution >= 4 is 11.8 Å². The number of hydrogen-bond donors (Lipinski definition) is 1. The summed E-state index contributed by atoms with van der Waals surface area (Å²) in [4.78, 5) is 27.9. The zero-order valence-electron chi connectivity index (χ0n) is 22.0. The second kappa shape index (κ2) is 7.20. The Bertz CT molecular complexity index is 963. The molecule has 0 radical (unpaired) electrons. The third-order valence-corrected chi connectivity index (χ3v) is 12.2. The lowest BCUT2D eigenvalue weighted by Gasteiger charge is -2.66. The number of ether oxygens (including phenoxy) is 1. The van der Waals surface area contributed by atoms with E-state index in [-0.39, 0.29) is 41.3 Å². The van der Waals surface area contributed by atoms with Crippen LogP contribution in [0.15, 0.2) is 11.1 Å². The van der Waals surface area contributed by atoms with E-state index in [4.69, 9.17) is 4.74 Å². The standard InChI is InChI=1S/C30H44O4/c1-15(2)19-9-11-28(5)21(31)8-7-17-13-18-14-22(32)29(6)12-10-20(16(3)4)25-26(29)30(18,27(33)34-25)24(19)23(17)28/h15-16,18-20,22,24-26,32H,7-14H2,1-6H3. The molecule has 1 heterocycles. The van der Waals surface area contributed by atoms with E-state index in [0.717, 1.165) is 38.5 Å². The molecule has 4 nitrogen and oxygen atoms in total. The van der Waals surface area contributed by atoms with E-state index in [2.05, 4.69) is 41.5 Å². The number of hydrogen-bond acceptors (Lipinski definition) is 4. The second-order valence-electron chi connectivity index (χ2n) is 14.1. The van der Waals surface area contributed by atoms with E-state index in [9.17, 15) is 14.7 Å². The zero-order valence-corrected chi connectivity index (χ0v) is 22.0. The van der Waals surface area contributed by atoms with Gasteiger partial charge in [-0.05, 0) is 81.5 Å². The van der Waals surface area contributed by atoms with Crippen molar-refractivity contribution in [1.82, 2.24) is 0 Å². The van der Waals surface area contributed by atoms with Gasteiger partial charge in [-0.15, -0.1) is 0 Å². The molecule has 188 valence electrons. The van der Waals surface area contributed by atoms with Gasteiger partial charge in [0.25, 0.3) is 0 Å². The molecule has 4 heteroatoms. The SMILES string of the molecule is CC(C)C1CCC2(C)C(O)CC3CC4=C5C(C(C(C)C)CCC5(C)C(=O)CC4)C34C(=O)OC1C24. The van der Waals surface area contributed by atoms with Gasteiger partial charge in [0.15, 0.2) is 0 Å². The van der Waals surface area contributed by atoms with Gasteiger partial charge in [0.1, 0.15) is 11.9 Å². The number of esters is 1. The highest BCUT2D eigenvalue weighted by atomic mass is 16.6. The molecule has 10 unspecified atom stereocenters. The van der Waals surface area contributed by atoms with Crippen LogP contribution < -0.4 is 0 Å². The molecule has 1 saturated heterocycles. The minimum atomic E-state index is -0.584. The van der Waals surface area contributed by atoms with Gasteiger partial charge >= 0.3 is 5.97 Å². The molecule has 1 aliphatic heterocycles. The molecular formula is C30H44O4. The van der Waals surface area contributed by atoms with Crippen molar-refractivity contribution in [3.05, 3.63) is 11.1 Å². The fourth-order valence-electron chi connectivity index (χ4n) is 10.5. The highest BCUT2D eigenvalue weighted by Gasteiger charge is 2.78. The summed E-state index contributed by atoms with van der Waals surface area (Å²) >= 11 is 0. The fraction of sp³-hybridized carbons (Fsp3) is 0.867. The first kappa shape index (κ1) is 23.3. The van der Waals surface area contributed by atoms with Crippen LogP contribution in [0, 0.1) is 57.7 Å². The Hall–Kier alpha value is -1.16. The predicted octanol–water partition coefficient (Wildman–Crippen LogP) is 5.72. The zero-order chi connectivity index (χ0) is 24.4. The molecule has 4 fully saturated rings. The number of aliphatic hydroxyl groups is 1. The number of ketones is 1. The Morgan fingerprint density at radius 3 is 2.32 bits per heavy atom. The monoisotopic (exact) mass is 468 g/mol. The van der Waals surface area contributed by atoms with Crippen LogP contribution in [0.4, 0.5) is 0 Å². The number of rotatable bonds is 2. The van der Waals surface area contributed by atoms with Crippen molar-refractivity contribution in [1.29, 1.82) is 0 Å². The Balaban J connectivity index is 1.62. The van der Waals surface area contributed by atoms with Gasteiger partial charge in [-0.2, -0.15) is 0 Å². The van der Waals surface area contributed by atoms with E-state index in [1.165, 1.54) is 11.1 Å². The van der Waals surface area contributed by atoms with Gasteiger partial charge in [-0.1, -0.05) is 45.8 Å². The van der Waals surface area contributed by atoms with Crippen LogP contribution in [-0.2, 0) is 14.3 Å². The third kappa shape index (κ3) is 2.55. The van der Waals surface area contributed by atoms with Crippen LogP contribution in [0.5, 0.6) is 0 Å². The normalized spacial score (nSPS) is 51.9. The summed E-state index contributed by atoms with van der Waals surface area (Å²) in [6.45, 7) is 13.6. The minimum Gasteiger partial charge on any atom is -0.461 e. The van der Waals surface area contributed by atoms with Gasteiger partial charge in [0, 0.05) is 29.1 Å². The maximum Gasteiger partial charge on any atom is 0.313 e. The van der Waals surface area contributed by atoms with Crippen molar-refractivity contribution in [3.63, 3.8) is 0 Å².